The van der Waals surface area contributed by atoms with Crippen LogP contribution in [-0.4, -0.2) is 18.3 Å². The minimum atomic E-state index is 1.19. The van der Waals surface area contributed by atoms with Gasteiger partial charge in [0.15, 0.2) is 0 Å². The van der Waals surface area contributed by atoms with E-state index in [1.54, 1.807) is 0 Å². The molecule has 0 N–H and O–H groups in total. The minimum absolute atomic E-state index is 1.19. The fourth-order valence-electron chi connectivity index (χ4n) is 19.0. The Balaban J connectivity index is 0.0000000985. The average molecular weight is 1510 g/mol. The largest absolute Gasteiger partial charge is 0.343 e. The maximum atomic E-state index is 2.42. The number of aromatic nitrogens is 4. The molecule has 0 saturated heterocycles. The second kappa shape index (κ2) is 29.7. The number of para-hydroxylation sites is 2. The van der Waals surface area contributed by atoms with Crippen LogP contribution in [0.2, 0.25) is 0 Å². The van der Waals surface area contributed by atoms with E-state index in [4.69, 9.17) is 0 Å². The number of aryl methyl sites for hydroxylation is 4. The van der Waals surface area contributed by atoms with Gasteiger partial charge in [0, 0.05) is 108 Å². The molecule has 0 unspecified atom stereocenters. The molecule has 4 heteroatoms. The van der Waals surface area contributed by atoms with Crippen LogP contribution in [0.1, 0.15) is 5.56 Å². The highest BCUT2D eigenvalue weighted by Gasteiger charge is 2.23. The van der Waals surface area contributed by atoms with Crippen molar-refractivity contribution in [2.45, 2.75) is 6.92 Å². The van der Waals surface area contributed by atoms with Crippen LogP contribution in [0.4, 0.5) is 0 Å². The lowest BCUT2D eigenvalue weighted by Gasteiger charge is -2.12. The van der Waals surface area contributed by atoms with E-state index in [0.717, 1.165) is 0 Å². The van der Waals surface area contributed by atoms with Gasteiger partial charge in [0.2, 0.25) is 0 Å². The summed E-state index contributed by atoms with van der Waals surface area (Å²) in [6, 6.07) is 153. The van der Waals surface area contributed by atoms with Crippen molar-refractivity contribution >= 4 is 141 Å². The maximum absolute atomic E-state index is 2.42. The van der Waals surface area contributed by atoms with Gasteiger partial charge in [0.05, 0.1) is 33.1 Å². The lowest BCUT2D eigenvalue weighted by atomic mass is 9.93. The highest BCUT2D eigenvalue weighted by molar-refractivity contribution is 6.28. The van der Waals surface area contributed by atoms with Crippen molar-refractivity contribution in [3.8, 4) is 72.4 Å². The molecule has 0 fully saturated rings. The predicted molar refractivity (Wildman–Crippen MR) is 507 cm³/mol. The Bertz CT molecular complexity index is 7840. The quantitative estimate of drug-likeness (QED) is 0.152. The van der Waals surface area contributed by atoms with Crippen molar-refractivity contribution < 1.29 is 0 Å². The zero-order valence-corrected chi connectivity index (χ0v) is 66.2. The summed E-state index contributed by atoms with van der Waals surface area (Å²) in [5, 5.41) is 23.4. The standard InChI is InChI=1S/C33H23N.2C29H21N.C23H17N/c1-34-32-26-18-10-8-16-24(26)28(22-12-4-2-5-13-22)20-30(32)31-21-29(23-14-6-3-7-15-23)25-17-9-11-19-27(25)33(31)34;1-30-28-17-16-22(20-10-4-2-5-11-20)18-26(28)27-19-25(21-12-6-3-7-13-21)23-14-8-9-15-24(23)29(27)30;1-20-16-17-28-26(18-20)27-19-25(21-10-4-2-5-11-21)23-14-8-9-15-24(23)29(27)30(28)22-12-6-3-7-13-22;1-24-22-14-8-7-12-18(22)21-15-20(16-9-3-2-4-10-16)17-11-5-6-13-19(17)23(21)24/h2-21H,1H3;2*2-19H,1H3;2-15H,1H3. The average Bonchev–Trinajstić information content (AvgIpc) is 1.60. The molecule has 4 nitrogen and oxygen atoms in total. The van der Waals surface area contributed by atoms with Gasteiger partial charge < -0.3 is 18.3 Å². The van der Waals surface area contributed by atoms with Crippen molar-refractivity contribution in [3.05, 3.63) is 430 Å². The third-order valence-electron chi connectivity index (χ3n) is 24.4. The topological polar surface area (TPSA) is 19.7 Å². The molecule has 0 saturated carbocycles. The van der Waals surface area contributed by atoms with Crippen LogP contribution in [0.5, 0.6) is 0 Å². The number of hydrogen-bond donors (Lipinski definition) is 0. The molecule has 0 aliphatic carbocycles. The molecule has 118 heavy (non-hydrogen) atoms. The highest BCUT2D eigenvalue weighted by Crippen LogP contribution is 2.48. The highest BCUT2D eigenvalue weighted by atomic mass is 15.0. The molecule has 0 amide bonds. The van der Waals surface area contributed by atoms with E-state index in [1.165, 1.54) is 219 Å². The molecule has 0 aliphatic rings. The Morgan fingerprint density at radius 2 is 0.407 bits per heavy atom. The molecule has 0 bridgehead atoms. The smallest absolute Gasteiger partial charge is 0.0619 e. The van der Waals surface area contributed by atoms with E-state index in [9.17, 15) is 0 Å². The summed E-state index contributed by atoms with van der Waals surface area (Å²) < 4.78 is 9.48. The summed E-state index contributed by atoms with van der Waals surface area (Å²) in [4.78, 5) is 0. The van der Waals surface area contributed by atoms with Gasteiger partial charge in [-0.2, -0.15) is 0 Å². The molecule has 0 radical (unpaired) electrons. The SMILES string of the molecule is Cc1ccc2c(c1)c1cc(-c3ccccc3)c3ccccc3c1n2-c1ccccc1.Cn1c2c3ccccc3c(-c3ccccc3)cc2c2cc(-c3ccccc3)c3ccccc3c21.Cn1c2ccc(-c3ccccc3)cc2c2cc(-c3ccccc3)c3ccccc3c21.Cn1c2ccccc2c2cc(-c3ccccc3)c3ccccc3c21. The molecular weight excluding hydrogens is 1430 g/mol. The minimum Gasteiger partial charge on any atom is -0.343 e. The molecule has 0 aliphatic heterocycles. The van der Waals surface area contributed by atoms with Gasteiger partial charge in [-0.25, -0.2) is 0 Å². The van der Waals surface area contributed by atoms with Gasteiger partial charge >= 0.3 is 0 Å². The monoisotopic (exact) mass is 1510 g/mol. The molecule has 20 aromatic carbocycles. The fourth-order valence-corrected chi connectivity index (χ4v) is 19.0. The van der Waals surface area contributed by atoms with E-state index in [2.05, 4.69) is 471 Å². The van der Waals surface area contributed by atoms with Crippen LogP contribution in [0.3, 0.4) is 0 Å². The van der Waals surface area contributed by atoms with Crippen LogP contribution < -0.4 is 0 Å². The third-order valence-corrected chi connectivity index (χ3v) is 24.4. The molecule has 24 aromatic rings. The Kier molecular flexibility index (Phi) is 17.8. The van der Waals surface area contributed by atoms with Crippen LogP contribution in [0, 0.1) is 6.92 Å². The van der Waals surface area contributed by atoms with Crippen molar-refractivity contribution in [3.63, 3.8) is 0 Å². The van der Waals surface area contributed by atoms with Gasteiger partial charge in [0.25, 0.3) is 0 Å². The Morgan fingerprint density at radius 1 is 0.153 bits per heavy atom. The van der Waals surface area contributed by atoms with Gasteiger partial charge in [-0.1, -0.05) is 357 Å². The van der Waals surface area contributed by atoms with E-state index in [1.807, 2.05) is 0 Å². The van der Waals surface area contributed by atoms with Crippen molar-refractivity contribution in [1.29, 1.82) is 0 Å². The number of benzene rings is 20. The summed E-state index contributed by atoms with van der Waals surface area (Å²) in [5.41, 5.74) is 28.0. The lowest BCUT2D eigenvalue weighted by molar-refractivity contribution is 1.02. The van der Waals surface area contributed by atoms with E-state index in [-0.39, 0.29) is 0 Å². The summed E-state index contributed by atoms with van der Waals surface area (Å²) >= 11 is 0. The van der Waals surface area contributed by atoms with Crippen LogP contribution in [0.25, 0.3) is 214 Å². The first kappa shape index (κ1) is 70.7. The van der Waals surface area contributed by atoms with E-state index >= 15 is 0 Å². The second-order valence-corrected chi connectivity index (χ2v) is 31.1. The molecule has 0 spiro atoms. The number of fused-ring (bicyclic) bond motifs is 22. The molecule has 558 valence electrons. The number of hydrogen-bond acceptors (Lipinski definition) is 0. The first-order chi connectivity index (χ1) is 58.3. The van der Waals surface area contributed by atoms with Crippen LogP contribution in [0.15, 0.2) is 425 Å². The number of rotatable bonds is 7. The van der Waals surface area contributed by atoms with Crippen LogP contribution in [-0.2, 0) is 21.1 Å². The first-order valence-corrected chi connectivity index (χ1v) is 40.8. The van der Waals surface area contributed by atoms with Gasteiger partial charge in [-0.3, -0.25) is 0 Å². The zero-order valence-electron chi connectivity index (χ0n) is 66.2. The van der Waals surface area contributed by atoms with Crippen molar-refractivity contribution in [1.82, 2.24) is 18.3 Å². The van der Waals surface area contributed by atoms with Gasteiger partial charge in [0.1, 0.15) is 0 Å². The summed E-state index contributed by atoms with van der Waals surface area (Å²) in [6.45, 7) is 2.17. The van der Waals surface area contributed by atoms with Crippen LogP contribution >= 0.6 is 0 Å². The fraction of sp³-hybridized carbons (Fsp3) is 0.0351. The molecule has 0 atom stereocenters. The Morgan fingerprint density at radius 3 is 0.780 bits per heavy atom. The molecule has 4 heterocycles. The van der Waals surface area contributed by atoms with Crippen molar-refractivity contribution in [2.24, 2.45) is 21.1 Å². The summed E-state index contributed by atoms with van der Waals surface area (Å²) in [5.74, 6) is 0. The first-order valence-electron chi connectivity index (χ1n) is 40.8. The second-order valence-electron chi connectivity index (χ2n) is 31.1. The van der Waals surface area contributed by atoms with Gasteiger partial charge in [-0.05, 0) is 173 Å². The summed E-state index contributed by atoms with van der Waals surface area (Å²) in [7, 11) is 6.56. The Hall–Kier alpha value is -15.1. The normalized spacial score (nSPS) is 11.6. The predicted octanol–water partition coefficient (Wildman–Crippen LogP) is 30.9. The molecule has 24 rings (SSSR count). The molecule has 4 aromatic heterocycles. The Labute approximate surface area is 685 Å². The summed E-state index contributed by atoms with van der Waals surface area (Å²) in [6.07, 6.45) is 0. The number of nitrogens with zero attached hydrogens (tertiary/aromatic N) is 4. The van der Waals surface area contributed by atoms with Crippen molar-refractivity contribution in [2.75, 3.05) is 0 Å². The molecular formula is C114H82N4. The van der Waals surface area contributed by atoms with Gasteiger partial charge in [-0.15, -0.1) is 0 Å². The third kappa shape index (κ3) is 12.1. The van der Waals surface area contributed by atoms with E-state index in [0.29, 0.717) is 0 Å². The zero-order chi connectivity index (χ0) is 78.9. The lowest BCUT2D eigenvalue weighted by Crippen LogP contribution is -1.94. The van der Waals surface area contributed by atoms with E-state index < -0.39 is 0 Å². The maximum Gasteiger partial charge on any atom is 0.0619 e.